The monoisotopic (exact) mass is 473 g/mol. The smallest absolute Gasteiger partial charge is 0.250 e. The molecule has 2 heterocycles. The van der Waals surface area contributed by atoms with Crippen LogP contribution < -0.4 is 4.72 Å². The first-order valence-corrected chi connectivity index (χ1v) is 11.7. The van der Waals surface area contributed by atoms with Crippen molar-refractivity contribution in [2.24, 2.45) is 0 Å². The van der Waals surface area contributed by atoms with Crippen LogP contribution >= 0.6 is 34.5 Å². The molecule has 1 N–H and O–H groups in total. The van der Waals surface area contributed by atoms with Crippen LogP contribution in [0.5, 0.6) is 0 Å². The van der Waals surface area contributed by atoms with Gasteiger partial charge in [-0.05, 0) is 40.8 Å². The van der Waals surface area contributed by atoms with Gasteiger partial charge in [-0.15, -0.1) is 21.5 Å². The molecule has 0 aliphatic heterocycles. The maximum absolute atomic E-state index is 12.6. The molecule has 12 heteroatoms. The van der Waals surface area contributed by atoms with Crippen LogP contribution in [0.3, 0.4) is 0 Å². The number of halogens is 2. The first kappa shape index (κ1) is 21.8. The molecule has 29 heavy (non-hydrogen) atoms. The van der Waals surface area contributed by atoms with Crippen molar-refractivity contribution in [1.29, 1.82) is 0 Å². The Morgan fingerprint density at radius 3 is 2.59 bits per heavy atom. The summed E-state index contributed by atoms with van der Waals surface area (Å²) in [7, 11) is -3.76. The molecule has 3 rings (SSSR count). The minimum atomic E-state index is -3.76. The molecule has 0 saturated carbocycles. The topological polar surface area (TPSA) is 107 Å². The van der Waals surface area contributed by atoms with Gasteiger partial charge in [0, 0.05) is 16.5 Å². The molecule has 1 aromatic carbocycles. The lowest BCUT2D eigenvalue weighted by Gasteiger charge is -2.14. The van der Waals surface area contributed by atoms with Gasteiger partial charge < -0.3 is 0 Å². The van der Waals surface area contributed by atoms with E-state index in [-0.39, 0.29) is 23.0 Å². The fraction of sp³-hybridized carbons (Fsp3) is 0.294. The molecule has 3 aromatic rings. The van der Waals surface area contributed by atoms with Crippen LogP contribution in [-0.4, -0.2) is 40.5 Å². The van der Waals surface area contributed by atoms with Gasteiger partial charge in [-0.2, -0.15) is 9.52 Å². The number of Topliss-reactive ketones (excluding diaryl/α,β-unsaturated/α-hetero) is 1. The standard InChI is InChI=1S/C17H17Cl2N5O3S2/c1-2-14(22-29(26,27)17-7-4-8-28-17)15(25)10-24-21-16(20-23-24)9-11-12(18)5-3-6-13(11)19/h3-8,14,22H,2,9-10H2,1H3. The van der Waals surface area contributed by atoms with Crippen LogP contribution in [0.25, 0.3) is 0 Å². The summed E-state index contributed by atoms with van der Waals surface area (Å²) in [5.74, 6) is -0.0210. The highest BCUT2D eigenvalue weighted by atomic mass is 35.5. The Bertz CT molecular complexity index is 1080. The molecule has 0 saturated heterocycles. The molecule has 1 atom stereocenters. The predicted molar refractivity (Wildman–Crippen MR) is 111 cm³/mol. The van der Waals surface area contributed by atoms with E-state index in [9.17, 15) is 13.2 Å². The molecule has 8 nitrogen and oxygen atoms in total. The normalized spacial score (nSPS) is 12.8. The van der Waals surface area contributed by atoms with Crippen LogP contribution in [0, 0.1) is 0 Å². The van der Waals surface area contributed by atoms with Crippen molar-refractivity contribution in [2.45, 2.75) is 36.6 Å². The molecule has 0 amide bonds. The van der Waals surface area contributed by atoms with E-state index >= 15 is 0 Å². The fourth-order valence-corrected chi connectivity index (χ4v) is 5.41. The molecule has 0 fully saturated rings. The number of sulfonamides is 1. The highest BCUT2D eigenvalue weighted by Gasteiger charge is 2.25. The summed E-state index contributed by atoms with van der Waals surface area (Å²) in [6.45, 7) is 1.51. The number of carbonyl (C=O) groups is 1. The zero-order valence-corrected chi connectivity index (χ0v) is 18.4. The number of hydrogen-bond acceptors (Lipinski definition) is 7. The van der Waals surface area contributed by atoms with Gasteiger partial charge in [0.1, 0.15) is 10.8 Å². The fourth-order valence-electron chi connectivity index (χ4n) is 2.56. The van der Waals surface area contributed by atoms with Crippen molar-refractivity contribution in [1.82, 2.24) is 24.9 Å². The van der Waals surface area contributed by atoms with Crippen LogP contribution in [0.2, 0.25) is 10.0 Å². The van der Waals surface area contributed by atoms with E-state index in [2.05, 4.69) is 20.1 Å². The summed E-state index contributed by atoms with van der Waals surface area (Å²) in [5, 5.41) is 14.6. The molecule has 0 spiro atoms. The van der Waals surface area contributed by atoms with E-state index in [1.807, 2.05) is 0 Å². The minimum Gasteiger partial charge on any atom is -0.296 e. The molecule has 1 unspecified atom stereocenters. The molecule has 154 valence electrons. The molecule has 0 aliphatic carbocycles. The number of rotatable bonds is 9. The van der Waals surface area contributed by atoms with Crippen LogP contribution in [0.4, 0.5) is 0 Å². The Balaban J connectivity index is 1.67. The number of carbonyl (C=O) groups excluding carboxylic acids is 1. The second kappa shape index (κ2) is 9.31. The lowest BCUT2D eigenvalue weighted by Crippen LogP contribution is -2.41. The van der Waals surface area contributed by atoms with Crippen LogP contribution in [0.15, 0.2) is 39.9 Å². The van der Waals surface area contributed by atoms with Crippen molar-refractivity contribution in [3.63, 3.8) is 0 Å². The minimum absolute atomic E-state index is 0.154. The SMILES string of the molecule is CCC(NS(=O)(=O)c1cccs1)C(=O)Cn1nnc(Cc2c(Cl)cccc2Cl)n1. The summed E-state index contributed by atoms with van der Waals surface area (Å²) in [6, 6.07) is 7.38. The van der Waals surface area contributed by atoms with E-state index in [1.54, 1.807) is 36.6 Å². The van der Waals surface area contributed by atoms with Crippen molar-refractivity contribution < 1.29 is 13.2 Å². The third-order valence-corrected chi connectivity index (χ3v) is 7.62. The van der Waals surface area contributed by atoms with Gasteiger partial charge in [-0.25, -0.2) is 8.42 Å². The molecule has 0 radical (unpaired) electrons. The predicted octanol–water partition coefficient (Wildman–Crippen LogP) is 2.96. The first-order chi connectivity index (χ1) is 13.8. The molecule has 0 bridgehead atoms. The summed E-state index contributed by atoms with van der Waals surface area (Å²) in [5.41, 5.74) is 0.664. The Labute approximate surface area is 181 Å². The Morgan fingerprint density at radius 1 is 1.24 bits per heavy atom. The van der Waals surface area contributed by atoms with Gasteiger partial charge in [0.15, 0.2) is 11.6 Å². The summed E-state index contributed by atoms with van der Waals surface area (Å²) < 4.78 is 27.3. The number of benzene rings is 1. The average Bonchev–Trinajstić information content (AvgIpc) is 3.35. The third-order valence-electron chi connectivity index (χ3n) is 4.04. The van der Waals surface area contributed by atoms with E-state index in [0.29, 0.717) is 27.9 Å². The number of nitrogens with one attached hydrogen (secondary N) is 1. The molecular formula is C17H17Cl2N5O3S2. The first-order valence-electron chi connectivity index (χ1n) is 8.58. The van der Waals surface area contributed by atoms with Gasteiger partial charge in [0.2, 0.25) is 0 Å². The maximum Gasteiger partial charge on any atom is 0.250 e. The number of hydrogen-bond donors (Lipinski definition) is 1. The largest absolute Gasteiger partial charge is 0.296 e. The van der Waals surface area contributed by atoms with Crippen molar-refractivity contribution in [3.8, 4) is 0 Å². The number of aromatic nitrogens is 4. The summed E-state index contributed by atoms with van der Waals surface area (Å²) in [4.78, 5) is 13.7. The van der Waals surface area contributed by atoms with Gasteiger partial charge in [0.25, 0.3) is 10.0 Å². The molecule has 0 aliphatic rings. The van der Waals surface area contributed by atoms with E-state index in [4.69, 9.17) is 23.2 Å². The van der Waals surface area contributed by atoms with Crippen molar-refractivity contribution >= 4 is 50.3 Å². The van der Waals surface area contributed by atoms with E-state index in [1.165, 1.54) is 6.07 Å². The maximum atomic E-state index is 12.6. The lowest BCUT2D eigenvalue weighted by atomic mass is 10.1. The second-order valence-electron chi connectivity index (χ2n) is 6.09. The number of thiophene rings is 1. The Kier molecular flexibility index (Phi) is 7.01. The third kappa shape index (κ3) is 5.40. The average molecular weight is 474 g/mol. The highest BCUT2D eigenvalue weighted by Crippen LogP contribution is 2.25. The van der Waals surface area contributed by atoms with Crippen molar-refractivity contribution in [2.75, 3.05) is 0 Å². The van der Waals surface area contributed by atoms with Crippen LogP contribution in [-0.2, 0) is 27.8 Å². The summed E-state index contributed by atoms with van der Waals surface area (Å²) in [6.07, 6.45) is 0.551. The molecular weight excluding hydrogens is 457 g/mol. The Morgan fingerprint density at radius 2 is 1.97 bits per heavy atom. The number of tetrazole rings is 1. The van der Waals surface area contributed by atoms with Gasteiger partial charge >= 0.3 is 0 Å². The second-order valence-corrected chi connectivity index (χ2v) is 9.80. The summed E-state index contributed by atoms with van der Waals surface area (Å²) >= 11 is 13.4. The van der Waals surface area contributed by atoms with E-state index in [0.717, 1.165) is 16.1 Å². The molecule has 2 aromatic heterocycles. The number of ketones is 1. The van der Waals surface area contributed by atoms with Gasteiger partial charge in [0.05, 0.1) is 6.04 Å². The van der Waals surface area contributed by atoms with Gasteiger partial charge in [-0.1, -0.05) is 42.3 Å². The van der Waals surface area contributed by atoms with Gasteiger partial charge in [-0.3, -0.25) is 4.79 Å². The zero-order chi connectivity index (χ0) is 21.0. The van der Waals surface area contributed by atoms with E-state index < -0.39 is 16.1 Å². The van der Waals surface area contributed by atoms with Crippen LogP contribution in [0.1, 0.15) is 24.7 Å². The quantitative estimate of drug-likeness (QED) is 0.511. The Hall–Kier alpha value is -1.85. The number of nitrogens with zero attached hydrogens (tertiary/aromatic N) is 4. The lowest BCUT2D eigenvalue weighted by molar-refractivity contribution is -0.121. The zero-order valence-electron chi connectivity index (χ0n) is 15.2. The van der Waals surface area contributed by atoms with Crippen molar-refractivity contribution in [3.05, 3.63) is 57.1 Å². The highest BCUT2D eigenvalue weighted by molar-refractivity contribution is 7.91.